The van der Waals surface area contributed by atoms with E-state index >= 15 is 0 Å². The van der Waals surface area contributed by atoms with E-state index in [0.717, 1.165) is 19.7 Å². The quantitative estimate of drug-likeness (QED) is 0.630. The van der Waals surface area contributed by atoms with Gasteiger partial charge in [-0.1, -0.05) is 27.7 Å². The van der Waals surface area contributed by atoms with Crippen molar-refractivity contribution in [2.45, 2.75) is 27.7 Å². The van der Waals surface area contributed by atoms with E-state index in [1.54, 1.807) is 7.11 Å². The SMILES string of the molecule is COCCOCCNCC(C)C(C)(C)C. The maximum absolute atomic E-state index is 5.35. The van der Waals surface area contributed by atoms with Gasteiger partial charge in [0.1, 0.15) is 0 Å². The summed E-state index contributed by atoms with van der Waals surface area (Å²) in [7, 11) is 1.69. The Hall–Kier alpha value is -0.120. The Morgan fingerprint density at radius 3 is 2.33 bits per heavy atom. The van der Waals surface area contributed by atoms with Crippen LogP contribution in [0.3, 0.4) is 0 Å². The lowest BCUT2D eigenvalue weighted by Gasteiger charge is -2.27. The van der Waals surface area contributed by atoms with Crippen LogP contribution in [0, 0.1) is 11.3 Å². The first kappa shape index (κ1) is 14.9. The molecule has 1 unspecified atom stereocenters. The predicted molar refractivity (Wildman–Crippen MR) is 64.2 cm³/mol. The Labute approximate surface area is 94.5 Å². The zero-order chi connectivity index (χ0) is 11.7. The van der Waals surface area contributed by atoms with Crippen molar-refractivity contribution < 1.29 is 9.47 Å². The molecule has 1 atom stereocenters. The van der Waals surface area contributed by atoms with Crippen LogP contribution in [0.4, 0.5) is 0 Å². The molecule has 0 radical (unpaired) electrons. The molecule has 0 aliphatic carbocycles. The molecule has 15 heavy (non-hydrogen) atoms. The molecule has 0 aromatic heterocycles. The van der Waals surface area contributed by atoms with Crippen molar-refractivity contribution in [1.29, 1.82) is 0 Å². The number of ether oxygens (including phenoxy) is 2. The predicted octanol–water partition coefficient (Wildman–Crippen LogP) is 1.92. The fourth-order valence-corrected chi connectivity index (χ4v) is 1.01. The molecular weight excluding hydrogens is 190 g/mol. The van der Waals surface area contributed by atoms with E-state index < -0.39 is 0 Å². The summed E-state index contributed by atoms with van der Waals surface area (Å²) in [5.41, 5.74) is 0.379. The van der Waals surface area contributed by atoms with E-state index in [0.29, 0.717) is 24.5 Å². The van der Waals surface area contributed by atoms with Crippen molar-refractivity contribution in [1.82, 2.24) is 5.32 Å². The molecule has 0 bridgehead atoms. The zero-order valence-electron chi connectivity index (χ0n) is 10.9. The van der Waals surface area contributed by atoms with Crippen molar-refractivity contribution in [3.8, 4) is 0 Å². The minimum absolute atomic E-state index is 0.379. The minimum Gasteiger partial charge on any atom is -0.382 e. The van der Waals surface area contributed by atoms with E-state index in [4.69, 9.17) is 9.47 Å². The highest BCUT2D eigenvalue weighted by Gasteiger charge is 2.18. The van der Waals surface area contributed by atoms with Gasteiger partial charge in [-0.15, -0.1) is 0 Å². The molecule has 0 aliphatic rings. The van der Waals surface area contributed by atoms with Crippen LogP contribution in [0.5, 0.6) is 0 Å². The fraction of sp³-hybridized carbons (Fsp3) is 1.00. The highest BCUT2D eigenvalue weighted by atomic mass is 16.5. The first-order chi connectivity index (χ1) is 6.98. The summed E-state index contributed by atoms with van der Waals surface area (Å²) < 4.78 is 10.2. The van der Waals surface area contributed by atoms with Gasteiger partial charge in [0.05, 0.1) is 19.8 Å². The molecule has 0 aromatic carbocycles. The third-order valence-corrected chi connectivity index (χ3v) is 2.78. The van der Waals surface area contributed by atoms with Crippen LogP contribution < -0.4 is 5.32 Å². The van der Waals surface area contributed by atoms with Crippen LogP contribution in [0.25, 0.3) is 0 Å². The molecule has 0 heterocycles. The van der Waals surface area contributed by atoms with Crippen molar-refractivity contribution >= 4 is 0 Å². The monoisotopic (exact) mass is 217 g/mol. The van der Waals surface area contributed by atoms with Gasteiger partial charge >= 0.3 is 0 Å². The van der Waals surface area contributed by atoms with Crippen molar-refractivity contribution in [3.05, 3.63) is 0 Å². The van der Waals surface area contributed by atoms with Gasteiger partial charge in [0.25, 0.3) is 0 Å². The normalized spacial score (nSPS) is 14.2. The maximum atomic E-state index is 5.35. The van der Waals surface area contributed by atoms with E-state index in [1.807, 2.05) is 0 Å². The molecule has 0 fully saturated rings. The Balaban J connectivity index is 3.24. The lowest BCUT2D eigenvalue weighted by molar-refractivity contribution is 0.0711. The molecule has 0 aliphatic heterocycles. The molecule has 1 N–H and O–H groups in total. The van der Waals surface area contributed by atoms with Crippen molar-refractivity contribution in [2.24, 2.45) is 11.3 Å². The van der Waals surface area contributed by atoms with Crippen LogP contribution in [0.2, 0.25) is 0 Å². The van der Waals surface area contributed by atoms with Gasteiger partial charge in [0.15, 0.2) is 0 Å². The lowest BCUT2D eigenvalue weighted by Crippen LogP contribution is -2.31. The topological polar surface area (TPSA) is 30.5 Å². The molecule has 3 heteroatoms. The molecule has 3 nitrogen and oxygen atoms in total. The highest BCUT2D eigenvalue weighted by molar-refractivity contribution is 4.71. The van der Waals surface area contributed by atoms with E-state index in [2.05, 4.69) is 33.0 Å². The smallest absolute Gasteiger partial charge is 0.0700 e. The standard InChI is InChI=1S/C12H27NO2/c1-11(12(2,3)4)10-13-6-7-15-9-8-14-5/h11,13H,6-10H2,1-5H3. The third kappa shape index (κ3) is 8.85. The van der Waals surface area contributed by atoms with E-state index in [9.17, 15) is 0 Å². The van der Waals surface area contributed by atoms with Gasteiger partial charge in [-0.25, -0.2) is 0 Å². The fourth-order valence-electron chi connectivity index (χ4n) is 1.01. The van der Waals surface area contributed by atoms with Gasteiger partial charge in [-0.2, -0.15) is 0 Å². The molecule has 0 spiro atoms. The first-order valence-corrected chi connectivity index (χ1v) is 5.76. The Morgan fingerprint density at radius 1 is 1.13 bits per heavy atom. The second-order valence-electron chi connectivity index (χ2n) is 5.08. The second-order valence-corrected chi connectivity index (χ2v) is 5.08. The summed E-state index contributed by atoms with van der Waals surface area (Å²) in [6.45, 7) is 13.2. The zero-order valence-corrected chi connectivity index (χ0v) is 10.9. The maximum Gasteiger partial charge on any atom is 0.0700 e. The summed E-state index contributed by atoms with van der Waals surface area (Å²) in [4.78, 5) is 0. The average Bonchev–Trinajstić information content (AvgIpc) is 2.14. The molecule has 0 saturated heterocycles. The summed E-state index contributed by atoms with van der Waals surface area (Å²) in [5.74, 6) is 0.677. The van der Waals surface area contributed by atoms with Crippen molar-refractivity contribution in [2.75, 3.05) is 40.0 Å². The molecule has 0 amide bonds. The van der Waals surface area contributed by atoms with E-state index in [1.165, 1.54) is 0 Å². The van der Waals surface area contributed by atoms with Crippen LogP contribution in [-0.2, 0) is 9.47 Å². The summed E-state index contributed by atoms with van der Waals surface area (Å²) in [6.07, 6.45) is 0. The summed E-state index contributed by atoms with van der Waals surface area (Å²) >= 11 is 0. The third-order valence-electron chi connectivity index (χ3n) is 2.78. The molecule has 92 valence electrons. The van der Waals surface area contributed by atoms with Crippen LogP contribution in [-0.4, -0.2) is 40.0 Å². The van der Waals surface area contributed by atoms with Gasteiger partial charge < -0.3 is 14.8 Å². The summed E-state index contributed by atoms with van der Waals surface area (Å²) in [6, 6.07) is 0. The largest absolute Gasteiger partial charge is 0.382 e. The van der Waals surface area contributed by atoms with Crippen LogP contribution in [0.15, 0.2) is 0 Å². The Kier molecular flexibility index (Phi) is 8.02. The van der Waals surface area contributed by atoms with Gasteiger partial charge in [-0.05, 0) is 17.9 Å². The molecular formula is C12H27NO2. The average molecular weight is 217 g/mol. The molecule has 0 aromatic rings. The van der Waals surface area contributed by atoms with Gasteiger partial charge in [0, 0.05) is 13.7 Å². The number of rotatable bonds is 8. The van der Waals surface area contributed by atoms with Crippen LogP contribution >= 0.6 is 0 Å². The Bertz CT molecular complexity index is 143. The summed E-state index contributed by atoms with van der Waals surface area (Å²) in [5, 5.41) is 3.40. The number of hydrogen-bond donors (Lipinski definition) is 1. The number of methoxy groups -OCH3 is 1. The Morgan fingerprint density at radius 2 is 1.80 bits per heavy atom. The lowest BCUT2D eigenvalue weighted by atomic mass is 9.82. The highest BCUT2D eigenvalue weighted by Crippen LogP contribution is 2.24. The van der Waals surface area contributed by atoms with Gasteiger partial charge in [0.2, 0.25) is 0 Å². The number of nitrogens with one attached hydrogen (secondary N) is 1. The van der Waals surface area contributed by atoms with E-state index in [-0.39, 0.29) is 0 Å². The number of hydrogen-bond acceptors (Lipinski definition) is 3. The molecule has 0 saturated carbocycles. The van der Waals surface area contributed by atoms with Crippen molar-refractivity contribution in [3.63, 3.8) is 0 Å². The first-order valence-electron chi connectivity index (χ1n) is 5.76. The second kappa shape index (κ2) is 8.08. The minimum atomic E-state index is 0.379. The van der Waals surface area contributed by atoms with Gasteiger partial charge in [-0.3, -0.25) is 0 Å². The van der Waals surface area contributed by atoms with Crippen LogP contribution in [0.1, 0.15) is 27.7 Å². The molecule has 0 rings (SSSR count).